The summed E-state index contributed by atoms with van der Waals surface area (Å²) in [5.41, 5.74) is 0.0489. The molecule has 0 amide bonds. The smallest absolute Gasteiger partial charge is 0.171 e. The summed E-state index contributed by atoms with van der Waals surface area (Å²) in [4.78, 5) is 0. The molecule has 0 bridgehead atoms. The van der Waals surface area contributed by atoms with Crippen molar-refractivity contribution < 1.29 is 19.0 Å². The second-order valence-corrected chi connectivity index (χ2v) is 8.11. The Bertz CT molecular complexity index is 777. The minimum Gasteiger partial charge on any atom is -0.454 e. The molecule has 1 N–H and O–H groups in total. The fourth-order valence-electron chi connectivity index (χ4n) is 4.14. The van der Waals surface area contributed by atoms with Crippen LogP contribution in [0.3, 0.4) is 0 Å². The molecule has 2 atom stereocenters. The first-order valence-electron chi connectivity index (χ1n) is 11.2. The number of benzene rings is 2. The van der Waals surface area contributed by atoms with Crippen molar-refractivity contribution in [2.24, 2.45) is 5.92 Å². The normalized spacial score (nSPS) is 14.3. The number of aliphatic hydroxyl groups is 1. The lowest BCUT2D eigenvalue weighted by Gasteiger charge is -2.37. The Morgan fingerprint density at radius 2 is 1.73 bits per heavy atom. The van der Waals surface area contributed by atoms with Crippen LogP contribution in [0.1, 0.15) is 69.9 Å². The van der Waals surface area contributed by atoms with Crippen molar-refractivity contribution in [3.63, 3.8) is 0 Å². The van der Waals surface area contributed by atoms with Crippen LogP contribution >= 0.6 is 0 Å². The maximum absolute atomic E-state index is 15.7. The van der Waals surface area contributed by atoms with Crippen molar-refractivity contribution in [3.8, 4) is 11.5 Å². The first kappa shape index (κ1) is 24.4. The third kappa shape index (κ3) is 6.05. The van der Waals surface area contributed by atoms with E-state index < -0.39 is 11.4 Å². The number of halogens is 1. The molecule has 166 valence electrons. The van der Waals surface area contributed by atoms with Crippen LogP contribution in [0.2, 0.25) is 0 Å². The third-order valence-electron chi connectivity index (χ3n) is 5.97. The highest BCUT2D eigenvalue weighted by molar-refractivity contribution is 5.41. The van der Waals surface area contributed by atoms with Crippen LogP contribution in [0.4, 0.5) is 4.39 Å². The van der Waals surface area contributed by atoms with Crippen LogP contribution in [0, 0.1) is 18.7 Å². The Kier molecular flexibility index (Phi) is 9.80. The van der Waals surface area contributed by atoms with Crippen molar-refractivity contribution in [2.45, 2.75) is 71.3 Å². The summed E-state index contributed by atoms with van der Waals surface area (Å²) in [5.74, 6) is 0.297. The van der Waals surface area contributed by atoms with Gasteiger partial charge in [0.2, 0.25) is 0 Å². The van der Waals surface area contributed by atoms with Gasteiger partial charge in [-0.25, -0.2) is 4.39 Å². The van der Waals surface area contributed by atoms with Gasteiger partial charge in [-0.1, -0.05) is 63.4 Å². The lowest BCUT2D eigenvalue weighted by Crippen LogP contribution is -2.36. The zero-order valence-electron chi connectivity index (χ0n) is 18.9. The second kappa shape index (κ2) is 12.1. The molecule has 0 unspecified atom stereocenters. The largest absolute Gasteiger partial charge is 0.454 e. The van der Waals surface area contributed by atoms with E-state index in [2.05, 4.69) is 13.8 Å². The van der Waals surface area contributed by atoms with E-state index in [4.69, 9.17) is 9.47 Å². The molecule has 2 aromatic rings. The summed E-state index contributed by atoms with van der Waals surface area (Å²) >= 11 is 0. The average Bonchev–Trinajstić information content (AvgIpc) is 2.74. The monoisotopic (exact) mass is 416 g/mol. The molecule has 30 heavy (non-hydrogen) atoms. The Balaban J connectivity index is 2.40. The van der Waals surface area contributed by atoms with E-state index in [1.165, 1.54) is 0 Å². The van der Waals surface area contributed by atoms with E-state index in [0.717, 1.165) is 44.1 Å². The molecule has 0 saturated carbocycles. The maximum Gasteiger partial charge on any atom is 0.171 e. The number of hydrogen-bond donors (Lipinski definition) is 1. The van der Waals surface area contributed by atoms with Crippen molar-refractivity contribution in [1.29, 1.82) is 0 Å². The highest BCUT2D eigenvalue weighted by atomic mass is 19.1. The van der Waals surface area contributed by atoms with Crippen LogP contribution in [0.15, 0.2) is 42.5 Å². The third-order valence-corrected chi connectivity index (χ3v) is 5.97. The van der Waals surface area contributed by atoms with Gasteiger partial charge in [-0.05, 0) is 56.2 Å². The quantitative estimate of drug-likeness (QED) is 0.352. The number of para-hydroxylation sites is 1. The van der Waals surface area contributed by atoms with Gasteiger partial charge in [0.05, 0.1) is 5.60 Å². The van der Waals surface area contributed by atoms with Crippen LogP contribution in [0.25, 0.3) is 0 Å². The fourth-order valence-corrected chi connectivity index (χ4v) is 4.14. The van der Waals surface area contributed by atoms with Gasteiger partial charge in [-0.2, -0.15) is 0 Å². The molecule has 0 radical (unpaired) electrons. The second-order valence-electron chi connectivity index (χ2n) is 8.11. The summed E-state index contributed by atoms with van der Waals surface area (Å²) in [6.07, 6.45) is 5.84. The first-order chi connectivity index (χ1) is 14.5. The molecule has 0 heterocycles. The lowest BCUT2D eigenvalue weighted by molar-refractivity contribution is -0.0438. The molecule has 0 aliphatic rings. The number of unbranched alkanes of at least 4 members (excludes halogenated alkanes) is 2. The molecule has 0 saturated heterocycles. The highest BCUT2D eigenvalue weighted by Gasteiger charge is 2.39. The maximum atomic E-state index is 15.7. The van der Waals surface area contributed by atoms with Gasteiger partial charge in [-0.3, -0.25) is 0 Å². The predicted octanol–water partition coefficient (Wildman–Crippen LogP) is 7.15. The molecule has 0 spiro atoms. The van der Waals surface area contributed by atoms with Gasteiger partial charge < -0.3 is 14.6 Å². The molecule has 4 heteroatoms. The average molecular weight is 417 g/mol. The van der Waals surface area contributed by atoms with Crippen LogP contribution < -0.4 is 4.74 Å². The van der Waals surface area contributed by atoms with E-state index in [-0.39, 0.29) is 11.7 Å². The zero-order valence-corrected chi connectivity index (χ0v) is 18.9. The van der Waals surface area contributed by atoms with E-state index in [1.807, 2.05) is 31.2 Å². The molecule has 0 aliphatic carbocycles. The van der Waals surface area contributed by atoms with Crippen molar-refractivity contribution in [1.82, 2.24) is 0 Å². The summed E-state index contributed by atoms with van der Waals surface area (Å²) in [6, 6.07) is 12.7. The summed E-state index contributed by atoms with van der Waals surface area (Å²) in [6.45, 7) is 6.79. The van der Waals surface area contributed by atoms with Gasteiger partial charge in [0.15, 0.2) is 11.6 Å². The summed E-state index contributed by atoms with van der Waals surface area (Å²) < 4.78 is 26.7. The Hall–Kier alpha value is -1.91. The zero-order chi connectivity index (χ0) is 22.0. The molecule has 0 aromatic heterocycles. The van der Waals surface area contributed by atoms with Crippen molar-refractivity contribution in [3.05, 3.63) is 59.4 Å². The van der Waals surface area contributed by atoms with Gasteiger partial charge in [0, 0.05) is 19.3 Å². The van der Waals surface area contributed by atoms with E-state index in [9.17, 15) is 5.11 Å². The van der Waals surface area contributed by atoms with Crippen molar-refractivity contribution in [2.75, 3.05) is 13.7 Å². The van der Waals surface area contributed by atoms with Gasteiger partial charge in [-0.15, -0.1) is 0 Å². The Morgan fingerprint density at radius 1 is 1.00 bits per heavy atom. The summed E-state index contributed by atoms with van der Waals surface area (Å²) in [7, 11) is 1.67. The Morgan fingerprint density at radius 3 is 2.40 bits per heavy atom. The molecular formula is C26H37FO3. The minimum atomic E-state index is -1.23. The number of rotatable bonds is 13. The highest BCUT2D eigenvalue weighted by Crippen LogP contribution is 2.43. The van der Waals surface area contributed by atoms with E-state index in [1.54, 1.807) is 25.3 Å². The molecule has 0 fully saturated rings. The fraction of sp³-hybridized carbons (Fsp3) is 0.538. The van der Waals surface area contributed by atoms with E-state index in [0.29, 0.717) is 24.3 Å². The SMILES string of the molecule is CCCC[C@H](CC)[C@@](O)(CCCCOC)c1cccc(Oc2ccccc2C)c1F. The molecule has 3 nitrogen and oxygen atoms in total. The predicted molar refractivity (Wildman–Crippen MR) is 121 cm³/mol. The van der Waals surface area contributed by atoms with Gasteiger partial charge in [0.1, 0.15) is 5.75 Å². The summed E-state index contributed by atoms with van der Waals surface area (Å²) in [5, 5.41) is 11.9. The molecule has 0 aliphatic heterocycles. The Labute approximate surface area is 181 Å². The van der Waals surface area contributed by atoms with Gasteiger partial charge >= 0.3 is 0 Å². The standard InChI is InChI=1S/C26H37FO3/c1-5-7-14-21(6-2)26(28,18-10-11-19-29-4)22-15-12-17-24(25(22)27)30-23-16-9-8-13-20(23)3/h8-9,12-13,15-17,21,28H,5-7,10-11,14,18-19H2,1-4H3/t21-,26-/m0/s1. The first-order valence-corrected chi connectivity index (χ1v) is 11.2. The number of hydrogen-bond acceptors (Lipinski definition) is 3. The number of ether oxygens (including phenoxy) is 2. The number of aryl methyl sites for hydroxylation is 1. The molecule has 2 rings (SSSR count). The van der Waals surface area contributed by atoms with Gasteiger partial charge in [0.25, 0.3) is 0 Å². The number of methoxy groups -OCH3 is 1. The minimum absolute atomic E-state index is 0.0109. The molecular weight excluding hydrogens is 379 g/mol. The van der Waals surface area contributed by atoms with E-state index >= 15 is 4.39 Å². The van der Waals surface area contributed by atoms with Crippen LogP contribution in [-0.2, 0) is 10.3 Å². The van der Waals surface area contributed by atoms with Crippen LogP contribution in [0.5, 0.6) is 11.5 Å². The van der Waals surface area contributed by atoms with Crippen LogP contribution in [-0.4, -0.2) is 18.8 Å². The molecule has 2 aromatic carbocycles. The topological polar surface area (TPSA) is 38.7 Å². The van der Waals surface area contributed by atoms with Crippen molar-refractivity contribution >= 4 is 0 Å². The lowest BCUT2D eigenvalue weighted by atomic mass is 9.74.